The molecular weight excluding hydrogens is 455 g/mol. The predicted octanol–water partition coefficient (Wildman–Crippen LogP) is 2.68. The average molecular weight is 488 g/mol. The van der Waals surface area contributed by atoms with Crippen LogP contribution in [0.1, 0.15) is 12.8 Å². The number of nitrogens with zero attached hydrogens (tertiary/aromatic N) is 3. The first-order valence-electron chi connectivity index (χ1n) is 9.58. The quantitative estimate of drug-likeness (QED) is 0.379. The number of ether oxygens (including phenoxy) is 2. The minimum absolute atomic E-state index is 0. The van der Waals surface area contributed by atoms with Crippen LogP contribution in [0.3, 0.4) is 0 Å². The summed E-state index contributed by atoms with van der Waals surface area (Å²) in [7, 11) is 5.70. The first kappa shape index (κ1) is 22.1. The molecule has 2 saturated heterocycles. The highest BCUT2D eigenvalue weighted by atomic mass is 127. The first-order valence-corrected chi connectivity index (χ1v) is 9.58. The SMILES string of the molecule is CN=C(NCC1CCN(c2cccc(OC)c2)C1)N(C)CC1CCOC1.I. The molecule has 2 aliphatic rings. The van der Waals surface area contributed by atoms with Crippen LogP contribution in [0.25, 0.3) is 0 Å². The van der Waals surface area contributed by atoms with Crippen LogP contribution in [0.4, 0.5) is 5.69 Å². The summed E-state index contributed by atoms with van der Waals surface area (Å²) in [6.45, 7) is 5.88. The van der Waals surface area contributed by atoms with Gasteiger partial charge < -0.3 is 24.6 Å². The van der Waals surface area contributed by atoms with Gasteiger partial charge in [-0.05, 0) is 30.9 Å². The van der Waals surface area contributed by atoms with Gasteiger partial charge in [-0.1, -0.05) is 6.07 Å². The van der Waals surface area contributed by atoms with E-state index in [4.69, 9.17) is 9.47 Å². The number of nitrogens with one attached hydrogen (secondary N) is 1. The summed E-state index contributed by atoms with van der Waals surface area (Å²) in [6.07, 6.45) is 2.35. The van der Waals surface area contributed by atoms with Crippen molar-refractivity contribution in [1.29, 1.82) is 0 Å². The summed E-state index contributed by atoms with van der Waals surface area (Å²) in [5.74, 6) is 3.15. The summed E-state index contributed by atoms with van der Waals surface area (Å²) in [5, 5.41) is 3.56. The number of hydrogen-bond acceptors (Lipinski definition) is 4. The Morgan fingerprint density at radius 2 is 2.22 bits per heavy atom. The number of methoxy groups -OCH3 is 1. The highest BCUT2D eigenvalue weighted by molar-refractivity contribution is 14.0. The fourth-order valence-electron chi connectivity index (χ4n) is 3.86. The second-order valence-electron chi connectivity index (χ2n) is 7.34. The molecule has 0 radical (unpaired) electrons. The Morgan fingerprint density at radius 1 is 1.37 bits per heavy atom. The van der Waals surface area contributed by atoms with Crippen molar-refractivity contribution < 1.29 is 9.47 Å². The lowest BCUT2D eigenvalue weighted by Gasteiger charge is -2.25. The van der Waals surface area contributed by atoms with Gasteiger partial charge in [0, 0.05) is 64.6 Å². The monoisotopic (exact) mass is 488 g/mol. The van der Waals surface area contributed by atoms with Gasteiger partial charge in [0.25, 0.3) is 0 Å². The van der Waals surface area contributed by atoms with E-state index in [1.807, 2.05) is 13.1 Å². The number of halogens is 1. The molecule has 3 rings (SSSR count). The van der Waals surface area contributed by atoms with Crippen molar-refractivity contribution in [2.24, 2.45) is 16.8 Å². The van der Waals surface area contributed by atoms with E-state index in [0.717, 1.165) is 57.5 Å². The van der Waals surface area contributed by atoms with E-state index >= 15 is 0 Å². The van der Waals surface area contributed by atoms with E-state index in [0.29, 0.717) is 11.8 Å². The predicted molar refractivity (Wildman–Crippen MR) is 122 cm³/mol. The summed E-state index contributed by atoms with van der Waals surface area (Å²) < 4.78 is 10.8. The lowest BCUT2D eigenvalue weighted by Crippen LogP contribution is -2.43. The van der Waals surface area contributed by atoms with Crippen molar-refractivity contribution in [3.05, 3.63) is 24.3 Å². The zero-order valence-corrected chi connectivity index (χ0v) is 19.0. The van der Waals surface area contributed by atoms with Gasteiger partial charge in [-0.25, -0.2) is 0 Å². The van der Waals surface area contributed by atoms with Crippen LogP contribution in [-0.4, -0.2) is 71.5 Å². The summed E-state index contributed by atoms with van der Waals surface area (Å²) in [4.78, 5) is 9.12. The summed E-state index contributed by atoms with van der Waals surface area (Å²) in [5.41, 5.74) is 1.24. The van der Waals surface area contributed by atoms with Crippen LogP contribution in [0, 0.1) is 11.8 Å². The molecule has 6 nitrogen and oxygen atoms in total. The van der Waals surface area contributed by atoms with Gasteiger partial charge in [0.2, 0.25) is 0 Å². The van der Waals surface area contributed by atoms with Crippen molar-refractivity contribution in [2.75, 3.05) is 65.5 Å². The highest BCUT2D eigenvalue weighted by Gasteiger charge is 2.24. The molecule has 0 amide bonds. The Bertz CT molecular complexity index is 607. The molecule has 1 aromatic carbocycles. The molecule has 0 aromatic heterocycles. The number of aliphatic imine (C=N–C) groups is 1. The van der Waals surface area contributed by atoms with Gasteiger partial charge >= 0.3 is 0 Å². The fourth-order valence-corrected chi connectivity index (χ4v) is 3.86. The Kier molecular flexibility index (Phi) is 8.95. The molecule has 2 atom stereocenters. The number of benzene rings is 1. The molecule has 0 aliphatic carbocycles. The van der Waals surface area contributed by atoms with E-state index in [9.17, 15) is 0 Å². The van der Waals surface area contributed by atoms with Gasteiger partial charge in [-0.2, -0.15) is 0 Å². The average Bonchev–Trinajstić information content (AvgIpc) is 3.34. The van der Waals surface area contributed by atoms with Crippen LogP contribution in [0.5, 0.6) is 5.75 Å². The lowest BCUT2D eigenvalue weighted by molar-refractivity contribution is 0.181. The zero-order chi connectivity index (χ0) is 18.4. The summed E-state index contributed by atoms with van der Waals surface area (Å²) in [6, 6.07) is 8.33. The van der Waals surface area contributed by atoms with Crippen LogP contribution < -0.4 is 15.0 Å². The molecule has 0 saturated carbocycles. The van der Waals surface area contributed by atoms with Gasteiger partial charge in [0.1, 0.15) is 5.75 Å². The normalized spacial score (nSPS) is 22.5. The number of guanidine groups is 1. The number of hydrogen-bond donors (Lipinski definition) is 1. The smallest absolute Gasteiger partial charge is 0.193 e. The van der Waals surface area contributed by atoms with Crippen molar-refractivity contribution in [3.8, 4) is 5.75 Å². The number of anilines is 1. The van der Waals surface area contributed by atoms with E-state index < -0.39 is 0 Å². The van der Waals surface area contributed by atoms with Crippen LogP contribution >= 0.6 is 24.0 Å². The number of rotatable bonds is 6. The van der Waals surface area contributed by atoms with Crippen molar-refractivity contribution in [2.45, 2.75) is 12.8 Å². The first-order chi connectivity index (χ1) is 12.7. The molecule has 152 valence electrons. The third-order valence-corrected chi connectivity index (χ3v) is 5.38. The highest BCUT2D eigenvalue weighted by Crippen LogP contribution is 2.26. The van der Waals surface area contributed by atoms with Crippen molar-refractivity contribution in [1.82, 2.24) is 10.2 Å². The molecule has 1 aromatic rings. The largest absolute Gasteiger partial charge is 0.497 e. The maximum atomic E-state index is 5.48. The molecule has 0 bridgehead atoms. The Balaban J connectivity index is 0.00000261. The molecule has 7 heteroatoms. The molecule has 2 aliphatic heterocycles. The Labute approximate surface area is 180 Å². The van der Waals surface area contributed by atoms with E-state index in [-0.39, 0.29) is 24.0 Å². The third kappa shape index (κ3) is 6.14. The van der Waals surface area contributed by atoms with Gasteiger partial charge in [0.05, 0.1) is 13.7 Å². The van der Waals surface area contributed by atoms with Crippen molar-refractivity contribution >= 4 is 35.6 Å². The summed E-state index contributed by atoms with van der Waals surface area (Å²) >= 11 is 0. The van der Waals surface area contributed by atoms with Crippen molar-refractivity contribution in [3.63, 3.8) is 0 Å². The molecule has 2 heterocycles. The molecule has 0 spiro atoms. The fraction of sp³-hybridized carbons (Fsp3) is 0.650. The van der Waals surface area contributed by atoms with E-state index in [2.05, 4.69) is 45.4 Å². The third-order valence-electron chi connectivity index (χ3n) is 5.38. The second-order valence-corrected chi connectivity index (χ2v) is 7.34. The van der Waals surface area contributed by atoms with E-state index in [1.165, 1.54) is 12.1 Å². The van der Waals surface area contributed by atoms with Gasteiger partial charge in [-0.15, -0.1) is 24.0 Å². The maximum Gasteiger partial charge on any atom is 0.193 e. The van der Waals surface area contributed by atoms with E-state index in [1.54, 1.807) is 7.11 Å². The molecule has 1 N–H and O–H groups in total. The van der Waals surface area contributed by atoms with Crippen LogP contribution in [-0.2, 0) is 4.74 Å². The Morgan fingerprint density at radius 3 is 2.93 bits per heavy atom. The standard InChI is InChI=1S/C20H32N4O2.HI/c1-21-20(23(2)13-17-8-10-26-15-17)22-12-16-7-9-24(14-16)18-5-4-6-19(11-18)25-3;/h4-6,11,16-17H,7-10,12-15H2,1-3H3,(H,21,22);1H. The van der Waals surface area contributed by atoms with Crippen LogP contribution in [0.2, 0.25) is 0 Å². The zero-order valence-electron chi connectivity index (χ0n) is 16.7. The topological polar surface area (TPSA) is 49.3 Å². The minimum Gasteiger partial charge on any atom is -0.497 e. The molecular formula is C20H33IN4O2. The minimum atomic E-state index is 0. The Hall–Kier alpha value is -1.22. The second kappa shape index (κ2) is 10.9. The van der Waals surface area contributed by atoms with Gasteiger partial charge in [0.15, 0.2) is 5.96 Å². The molecule has 2 fully saturated rings. The lowest BCUT2D eigenvalue weighted by atomic mass is 10.1. The van der Waals surface area contributed by atoms with Crippen LogP contribution in [0.15, 0.2) is 29.3 Å². The van der Waals surface area contributed by atoms with Gasteiger partial charge in [-0.3, -0.25) is 4.99 Å². The molecule has 27 heavy (non-hydrogen) atoms. The molecule has 2 unspecified atom stereocenters. The maximum absolute atomic E-state index is 5.48.